The number of nitrogens with one attached hydrogen (secondary N) is 2. The summed E-state index contributed by atoms with van der Waals surface area (Å²) in [5.74, 6) is 0.113. The van der Waals surface area contributed by atoms with E-state index in [-0.39, 0.29) is 11.8 Å². The van der Waals surface area contributed by atoms with Gasteiger partial charge in [-0.15, -0.1) is 0 Å². The van der Waals surface area contributed by atoms with Crippen LogP contribution >= 0.6 is 23.2 Å². The number of piperidine rings is 1. The maximum absolute atomic E-state index is 12.3. The van der Waals surface area contributed by atoms with Crippen molar-refractivity contribution in [3.05, 3.63) is 33.8 Å². The molecule has 0 saturated carbocycles. The Morgan fingerprint density at radius 3 is 2.60 bits per heavy atom. The molecule has 20 heavy (non-hydrogen) atoms. The van der Waals surface area contributed by atoms with E-state index in [1.165, 1.54) is 0 Å². The van der Waals surface area contributed by atoms with Crippen molar-refractivity contribution < 1.29 is 8.42 Å². The van der Waals surface area contributed by atoms with Crippen LogP contribution in [0.4, 0.5) is 0 Å². The predicted molar refractivity (Wildman–Crippen MR) is 82.7 cm³/mol. The van der Waals surface area contributed by atoms with Crippen molar-refractivity contribution in [1.82, 2.24) is 10.0 Å². The first-order chi connectivity index (χ1) is 9.39. The first-order valence-corrected chi connectivity index (χ1v) is 8.93. The largest absolute Gasteiger partial charge is 0.315 e. The molecular formula is C13H18Cl2N2O2S. The lowest BCUT2D eigenvalue weighted by molar-refractivity contribution is 0.327. The van der Waals surface area contributed by atoms with Crippen LogP contribution in [0.1, 0.15) is 18.9 Å². The van der Waals surface area contributed by atoms with Crippen molar-refractivity contribution in [3.63, 3.8) is 0 Å². The molecule has 4 nitrogen and oxygen atoms in total. The lowest BCUT2D eigenvalue weighted by Gasteiger charge is -2.30. The highest BCUT2D eigenvalue weighted by Gasteiger charge is 2.26. The molecule has 0 bridgehead atoms. The van der Waals surface area contributed by atoms with Crippen LogP contribution in [0.2, 0.25) is 10.0 Å². The van der Waals surface area contributed by atoms with E-state index in [2.05, 4.69) is 17.0 Å². The van der Waals surface area contributed by atoms with E-state index < -0.39 is 10.0 Å². The van der Waals surface area contributed by atoms with E-state index in [4.69, 9.17) is 23.2 Å². The average Bonchev–Trinajstić information content (AvgIpc) is 2.37. The van der Waals surface area contributed by atoms with Gasteiger partial charge in [0.15, 0.2) is 0 Å². The molecule has 0 spiro atoms. The molecule has 1 heterocycles. The molecule has 1 aliphatic heterocycles. The van der Waals surface area contributed by atoms with Crippen LogP contribution in [0.15, 0.2) is 18.2 Å². The fraction of sp³-hybridized carbons (Fsp3) is 0.538. The number of halogens is 2. The molecule has 0 amide bonds. The minimum Gasteiger partial charge on any atom is -0.315 e. The highest BCUT2D eigenvalue weighted by molar-refractivity contribution is 7.88. The third kappa shape index (κ3) is 4.09. The number of sulfonamides is 1. The second kappa shape index (κ2) is 6.62. The molecule has 112 valence electrons. The number of benzene rings is 1. The molecule has 2 unspecified atom stereocenters. The van der Waals surface area contributed by atoms with Crippen molar-refractivity contribution in [3.8, 4) is 0 Å². The van der Waals surface area contributed by atoms with E-state index in [1.54, 1.807) is 18.2 Å². The molecule has 0 aliphatic carbocycles. The molecule has 1 saturated heterocycles. The van der Waals surface area contributed by atoms with Gasteiger partial charge in [0.2, 0.25) is 10.0 Å². The lowest BCUT2D eigenvalue weighted by Crippen LogP contribution is -2.50. The Kier molecular flexibility index (Phi) is 5.31. The Hall–Kier alpha value is -0.330. The topological polar surface area (TPSA) is 58.2 Å². The average molecular weight is 337 g/mol. The Bertz CT molecular complexity index is 557. The van der Waals surface area contributed by atoms with Crippen LogP contribution in [-0.4, -0.2) is 27.5 Å². The molecule has 2 rings (SSSR count). The zero-order valence-electron chi connectivity index (χ0n) is 11.2. The van der Waals surface area contributed by atoms with Crippen LogP contribution in [-0.2, 0) is 15.8 Å². The normalized spacial score (nSPS) is 23.8. The zero-order chi connectivity index (χ0) is 14.8. The van der Waals surface area contributed by atoms with Crippen molar-refractivity contribution in [2.75, 3.05) is 13.1 Å². The molecule has 1 aliphatic rings. The monoisotopic (exact) mass is 336 g/mol. The predicted octanol–water partition coefficient (Wildman–Crippen LogP) is 2.41. The van der Waals surface area contributed by atoms with Crippen LogP contribution in [0.5, 0.6) is 0 Å². The third-order valence-electron chi connectivity index (χ3n) is 3.55. The maximum atomic E-state index is 12.3. The summed E-state index contributed by atoms with van der Waals surface area (Å²) in [6.45, 7) is 3.63. The minimum absolute atomic E-state index is 0.0880. The maximum Gasteiger partial charge on any atom is 0.216 e. The van der Waals surface area contributed by atoms with E-state index >= 15 is 0 Å². The molecule has 7 heteroatoms. The number of hydrogen-bond donors (Lipinski definition) is 2. The summed E-state index contributed by atoms with van der Waals surface area (Å²) in [4.78, 5) is 0. The van der Waals surface area contributed by atoms with Gasteiger partial charge in [-0.05, 0) is 31.0 Å². The molecule has 1 aromatic carbocycles. The fourth-order valence-corrected chi connectivity index (χ4v) is 4.52. The second-order valence-electron chi connectivity index (χ2n) is 5.15. The lowest BCUT2D eigenvalue weighted by atomic mass is 9.96. The Balaban J connectivity index is 2.11. The second-order valence-corrected chi connectivity index (χ2v) is 7.72. The van der Waals surface area contributed by atoms with Gasteiger partial charge in [-0.2, -0.15) is 0 Å². The highest BCUT2D eigenvalue weighted by Crippen LogP contribution is 2.26. The number of hydrogen-bond acceptors (Lipinski definition) is 3. The van der Waals surface area contributed by atoms with E-state index in [9.17, 15) is 8.42 Å². The first-order valence-electron chi connectivity index (χ1n) is 6.52. The smallest absolute Gasteiger partial charge is 0.216 e. The quantitative estimate of drug-likeness (QED) is 0.887. The minimum atomic E-state index is -3.47. The Morgan fingerprint density at radius 2 is 2.00 bits per heavy atom. The van der Waals surface area contributed by atoms with Crippen LogP contribution in [0, 0.1) is 5.92 Å². The highest BCUT2D eigenvalue weighted by atomic mass is 35.5. The van der Waals surface area contributed by atoms with Gasteiger partial charge in [0.05, 0.1) is 5.75 Å². The Labute approximate surface area is 129 Å². The molecule has 2 N–H and O–H groups in total. The first kappa shape index (κ1) is 16.0. The van der Waals surface area contributed by atoms with Crippen LogP contribution in [0.25, 0.3) is 0 Å². The van der Waals surface area contributed by atoms with Crippen molar-refractivity contribution >= 4 is 33.2 Å². The van der Waals surface area contributed by atoms with Crippen LogP contribution in [0.3, 0.4) is 0 Å². The summed E-state index contributed by atoms with van der Waals surface area (Å²) >= 11 is 12.0. The van der Waals surface area contributed by atoms with Gasteiger partial charge >= 0.3 is 0 Å². The van der Waals surface area contributed by atoms with Gasteiger partial charge in [0.25, 0.3) is 0 Å². The summed E-state index contributed by atoms with van der Waals surface area (Å²) in [6, 6.07) is 4.89. The van der Waals surface area contributed by atoms with Crippen LogP contribution < -0.4 is 10.0 Å². The van der Waals surface area contributed by atoms with Gasteiger partial charge in [-0.3, -0.25) is 0 Å². The van der Waals surface area contributed by atoms with Gasteiger partial charge in [-0.25, -0.2) is 13.1 Å². The van der Waals surface area contributed by atoms with Crippen molar-refractivity contribution in [2.24, 2.45) is 5.92 Å². The van der Waals surface area contributed by atoms with E-state index in [1.807, 2.05) is 0 Å². The fourth-order valence-electron chi connectivity index (χ4n) is 2.28. The van der Waals surface area contributed by atoms with Gasteiger partial charge in [0.1, 0.15) is 0 Å². The summed E-state index contributed by atoms with van der Waals surface area (Å²) in [7, 11) is -3.47. The summed E-state index contributed by atoms with van der Waals surface area (Å²) in [5, 5.41) is 3.94. The third-order valence-corrected chi connectivity index (χ3v) is 5.59. The van der Waals surface area contributed by atoms with Gasteiger partial charge in [0, 0.05) is 28.2 Å². The molecule has 1 aromatic rings. The number of rotatable bonds is 4. The van der Waals surface area contributed by atoms with Crippen molar-refractivity contribution in [2.45, 2.75) is 25.1 Å². The van der Waals surface area contributed by atoms with E-state index in [0.29, 0.717) is 28.1 Å². The standard InChI is InChI=1S/C13H18Cl2N2O2S/c1-9-5-6-16-7-13(9)17-20(18,19)8-10-11(14)3-2-4-12(10)15/h2-4,9,13,16-17H,5-8H2,1H3. The van der Waals surface area contributed by atoms with Gasteiger partial charge in [-0.1, -0.05) is 36.2 Å². The molecule has 2 atom stereocenters. The molecule has 0 radical (unpaired) electrons. The van der Waals surface area contributed by atoms with Gasteiger partial charge < -0.3 is 5.32 Å². The summed E-state index contributed by atoms with van der Waals surface area (Å²) in [5.41, 5.74) is 0.444. The molecule has 0 aromatic heterocycles. The Morgan fingerprint density at radius 1 is 1.35 bits per heavy atom. The van der Waals surface area contributed by atoms with E-state index in [0.717, 1.165) is 13.0 Å². The zero-order valence-corrected chi connectivity index (χ0v) is 13.5. The molecule has 1 fully saturated rings. The van der Waals surface area contributed by atoms with Crippen molar-refractivity contribution in [1.29, 1.82) is 0 Å². The summed E-state index contributed by atoms with van der Waals surface area (Å²) in [6.07, 6.45) is 0.958. The SMILES string of the molecule is CC1CCNCC1NS(=O)(=O)Cc1c(Cl)cccc1Cl. The summed E-state index contributed by atoms with van der Waals surface area (Å²) < 4.78 is 27.3. The molecular weight excluding hydrogens is 319 g/mol.